The molecule has 0 fully saturated rings. The molecular formula is C14H19NO3. The summed E-state index contributed by atoms with van der Waals surface area (Å²) >= 11 is 0. The van der Waals surface area contributed by atoms with E-state index in [0.717, 1.165) is 5.56 Å². The predicted molar refractivity (Wildman–Crippen MR) is 70.0 cm³/mol. The summed E-state index contributed by atoms with van der Waals surface area (Å²) in [6.45, 7) is 3.71. The third-order valence-corrected chi connectivity index (χ3v) is 2.59. The van der Waals surface area contributed by atoms with Gasteiger partial charge < -0.3 is 9.64 Å². The van der Waals surface area contributed by atoms with Crippen LogP contribution < -0.4 is 4.74 Å². The molecule has 4 nitrogen and oxygen atoms in total. The van der Waals surface area contributed by atoms with Gasteiger partial charge in [-0.2, -0.15) is 0 Å². The molecule has 0 N–H and O–H groups in total. The highest BCUT2D eigenvalue weighted by atomic mass is 16.5. The van der Waals surface area contributed by atoms with Crippen LogP contribution in [0.3, 0.4) is 0 Å². The maximum Gasteiger partial charge on any atom is 0.225 e. The van der Waals surface area contributed by atoms with E-state index >= 15 is 0 Å². The SMILES string of the molecule is CC(=O)c1ccc(C)cc1OCCC(=O)N(C)C. The summed E-state index contributed by atoms with van der Waals surface area (Å²) in [5.74, 6) is 0.519. The van der Waals surface area contributed by atoms with Gasteiger partial charge in [-0.15, -0.1) is 0 Å². The van der Waals surface area contributed by atoms with Crippen LogP contribution in [-0.4, -0.2) is 37.3 Å². The van der Waals surface area contributed by atoms with Gasteiger partial charge in [-0.05, 0) is 31.5 Å². The van der Waals surface area contributed by atoms with Crippen LogP contribution in [0.1, 0.15) is 29.3 Å². The molecule has 1 amide bonds. The summed E-state index contributed by atoms with van der Waals surface area (Å²) in [5.41, 5.74) is 1.58. The first-order chi connectivity index (χ1) is 8.41. The maximum absolute atomic E-state index is 11.4. The molecule has 0 saturated heterocycles. The van der Waals surface area contributed by atoms with Crippen molar-refractivity contribution in [2.45, 2.75) is 20.3 Å². The Morgan fingerprint density at radius 1 is 1.28 bits per heavy atom. The van der Waals surface area contributed by atoms with Gasteiger partial charge in [0.2, 0.25) is 5.91 Å². The average Bonchev–Trinajstić information content (AvgIpc) is 2.28. The number of Topliss-reactive ketones (excluding diaryl/α,β-unsaturated/α-hetero) is 1. The van der Waals surface area contributed by atoms with Crippen molar-refractivity contribution in [2.75, 3.05) is 20.7 Å². The lowest BCUT2D eigenvalue weighted by Gasteiger charge is -2.13. The second-order valence-electron chi connectivity index (χ2n) is 4.44. The fourth-order valence-corrected chi connectivity index (χ4v) is 1.51. The number of aryl methyl sites for hydroxylation is 1. The number of hydrogen-bond donors (Lipinski definition) is 0. The first kappa shape index (κ1) is 14.2. The topological polar surface area (TPSA) is 46.6 Å². The first-order valence-electron chi connectivity index (χ1n) is 5.86. The maximum atomic E-state index is 11.4. The Morgan fingerprint density at radius 3 is 2.50 bits per heavy atom. The Morgan fingerprint density at radius 2 is 1.94 bits per heavy atom. The number of hydrogen-bond acceptors (Lipinski definition) is 3. The van der Waals surface area contributed by atoms with E-state index in [1.807, 2.05) is 19.1 Å². The fourth-order valence-electron chi connectivity index (χ4n) is 1.51. The van der Waals surface area contributed by atoms with Crippen molar-refractivity contribution < 1.29 is 14.3 Å². The summed E-state index contributed by atoms with van der Waals surface area (Å²) in [7, 11) is 3.41. The average molecular weight is 249 g/mol. The van der Waals surface area contributed by atoms with Crippen LogP contribution in [0.25, 0.3) is 0 Å². The van der Waals surface area contributed by atoms with E-state index in [0.29, 0.717) is 17.7 Å². The Hall–Kier alpha value is -1.84. The van der Waals surface area contributed by atoms with Crippen LogP contribution in [-0.2, 0) is 4.79 Å². The smallest absolute Gasteiger partial charge is 0.225 e. The molecule has 0 aromatic heterocycles. The number of ketones is 1. The lowest BCUT2D eigenvalue weighted by molar-refractivity contribution is -0.129. The largest absolute Gasteiger partial charge is 0.492 e. The zero-order valence-electron chi connectivity index (χ0n) is 11.3. The van der Waals surface area contributed by atoms with Gasteiger partial charge in [-0.1, -0.05) is 6.07 Å². The van der Waals surface area contributed by atoms with Crippen molar-refractivity contribution in [1.82, 2.24) is 4.90 Å². The van der Waals surface area contributed by atoms with Crippen molar-refractivity contribution >= 4 is 11.7 Å². The number of rotatable bonds is 5. The molecule has 0 unspecified atom stereocenters. The van der Waals surface area contributed by atoms with Crippen molar-refractivity contribution in [3.05, 3.63) is 29.3 Å². The number of ether oxygens (including phenoxy) is 1. The van der Waals surface area contributed by atoms with Gasteiger partial charge in [0.1, 0.15) is 5.75 Å². The minimum Gasteiger partial charge on any atom is -0.492 e. The van der Waals surface area contributed by atoms with Gasteiger partial charge in [0.25, 0.3) is 0 Å². The third-order valence-electron chi connectivity index (χ3n) is 2.59. The standard InChI is InChI=1S/C14H19NO3/c1-10-5-6-12(11(2)16)13(9-10)18-8-7-14(17)15(3)4/h5-6,9H,7-8H2,1-4H3. The number of nitrogens with zero attached hydrogens (tertiary/aromatic N) is 1. The van der Waals surface area contributed by atoms with Crippen LogP contribution in [0.4, 0.5) is 0 Å². The number of benzene rings is 1. The molecular weight excluding hydrogens is 230 g/mol. The van der Waals surface area contributed by atoms with Crippen LogP contribution in [0, 0.1) is 6.92 Å². The summed E-state index contributed by atoms with van der Waals surface area (Å²) in [4.78, 5) is 24.3. The van der Waals surface area contributed by atoms with Crippen molar-refractivity contribution in [3.8, 4) is 5.75 Å². The van der Waals surface area contributed by atoms with Gasteiger partial charge in [-0.3, -0.25) is 9.59 Å². The molecule has 0 radical (unpaired) electrons. The Kier molecular flexibility index (Phi) is 4.89. The van der Waals surface area contributed by atoms with Crippen molar-refractivity contribution in [1.29, 1.82) is 0 Å². The zero-order valence-corrected chi connectivity index (χ0v) is 11.3. The van der Waals surface area contributed by atoms with E-state index in [-0.39, 0.29) is 18.3 Å². The molecule has 1 aromatic rings. The fraction of sp³-hybridized carbons (Fsp3) is 0.429. The van der Waals surface area contributed by atoms with Crippen molar-refractivity contribution in [2.24, 2.45) is 0 Å². The monoisotopic (exact) mass is 249 g/mol. The van der Waals surface area contributed by atoms with Gasteiger partial charge in [-0.25, -0.2) is 0 Å². The first-order valence-corrected chi connectivity index (χ1v) is 5.86. The molecule has 18 heavy (non-hydrogen) atoms. The number of carbonyl (C=O) groups excluding carboxylic acids is 2. The molecule has 4 heteroatoms. The van der Waals surface area contributed by atoms with Crippen molar-refractivity contribution in [3.63, 3.8) is 0 Å². The third kappa shape index (κ3) is 3.87. The van der Waals surface area contributed by atoms with Gasteiger partial charge >= 0.3 is 0 Å². The highest BCUT2D eigenvalue weighted by Crippen LogP contribution is 2.21. The van der Waals surface area contributed by atoms with E-state index < -0.39 is 0 Å². The minimum absolute atomic E-state index is 0.00651. The van der Waals surface area contributed by atoms with Gasteiger partial charge in [0.15, 0.2) is 5.78 Å². The highest BCUT2D eigenvalue weighted by molar-refractivity contribution is 5.96. The minimum atomic E-state index is -0.0380. The van der Waals surface area contributed by atoms with Crippen LogP contribution in [0.5, 0.6) is 5.75 Å². The molecule has 1 rings (SSSR count). The molecule has 0 bridgehead atoms. The number of amides is 1. The van der Waals surface area contributed by atoms with Crippen LogP contribution in [0.15, 0.2) is 18.2 Å². The Labute approximate surface area is 108 Å². The lowest BCUT2D eigenvalue weighted by atomic mass is 10.1. The van der Waals surface area contributed by atoms with Gasteiger partial charge in [0.05, 0.1) is 18.6 Å². The summed E-state index contributed by atoms with van der Waals surface area (Å²) in [6.07, 6.45) is 0.304. The Bertz CT molecular complexity index is 452. The van der Waals surface area contributed by atoms with E-state index in [1.54, 1.807) is 20.2 Å². The molecule has 1 aromatic carbocycles. The predicted octanol–water partition coefficient (Wildman–Crippen LogP) is 2.05. The molecule has 0 aliphatic rings. The zero-order chi connectivity index (χ0) is 13.7. The molecule has 0 heterocycles. The molecule has 98 valence electrons. The quantitative estimate of drug-likeness (QED) is 0.750. The Balaban J connectivity index is 2.69. The lowest BCUT2D eigenvalue weighted by Crippen LogP contribution is -2.23. The molecule has 0 spiro atoms. The van der Waals surface area contributed by atoms with E-state index in [2.05, 4.69) is 0 Å². The summed E-state index contributed by atoms with van der Waals surface area (Å²) in [6, 6.07) is 5.44. The second-order valence-corrected chi connectivity index (χ2v) is 4.44. The van der Waals surface area contributed by atoms with E-state index in [1.165, 1.54) is 11.8 Å². The van der Waals surface area contributed by atoms with Crippen LogP contribution >= 0.6 is 0 Å². The molecule has 0 saturated carbocycles. The highest BCUT2D eigenvalue weighted by Gasteiger charge is 2.10. The normalized spacial score (nSPS) is 10.0. The van der Waals surface area contributed by atoms with Gasteiger partial charge in [0, 0.05) is 14.1 Å². The van der Waals surface area contributed by atoms with Crippen LogP contribution in [0.2, 0.25) is 0 Å². The summed E-state index contributed by atoms with van der Waals surface area (Å²) in [5, 5.41) is 0. The van der Waals surface area contributed by atoms with E-state index in [4.69, 9.17) is 4.74 Å². The summed E-state index contributed by atoms with van der Waals surface area (Å²) < 4.78 is 5.53. The molecule has 0 aliphatic heterocycles. The van der Waals surface area contributed by atoms with E-state index in [9.17, 15) is 9.59 Å². The number of carbonyl (C=O) groups is 2. The molecule has 0 aliphatic carbocycles. The molecule has 0 atom stereocenters. The second kappa shape index (κ2) is 6.19.